The van der Waals surface area contributed by atoms with E-state index in [0.29, 0.717) is 11.4 Å². The number of nitrogens with zero attached hydrogens (tertiary/aromatic N) is 1. The molecule has 0 aliphatic carbocycles. The van der Waals surface area contributed by atoms with Crippen LogP contribution in [-0.2, 0) is 21.2 Å². The second-order valence-electron chi connectivity index (χ2n) is 5.39. The van der Waals surface area contributed by atoms with Gasteiger partial charge in [-0.25, -0.2) is 12.7 Å². The van der Waals surface area contributed by atoms with Crippen molar-refractivity contribution >= 4 is 21.6 Å². The topological polar surface area (TPSA) is 75.7 Å². The predicted octanol–water partition coefficient (Wildman–Crippen LogP) is 2.13. The van der Waals surface area contributed by atoms with Gasteiger partial charge in [0, 0.05) is 19.8 Å². The summed E-state index contributed by atoms with van der Waals surface area (Å²) in [5.41, 5.74) is 1.37. The second-order valence-corrected chi connectivity index (χ2v) is 7.54. The summed E-state index contributed by atoms with van der Waals surface area (Å²) in [5, 5.41) is 2.75. The maximum absolute atomic E-state index is 12.1. The van der Waals surface area contributed by atoms with Crippen molar-refractivity contribution in [3.8, 4) is 5.75 Å². The third kappa shape index (κ3) is 4.33. The van der Waals surface area contributed by atoms with Crippen molar-refractivity contribution in [3.63, 3.8) is 0 Å². The standard InChI is InChI=1S/C17H20N2O4S/c1-19(2)24(21,22)16-9-7-14(8-10-16)18-17(20)12-13-5-4-6-15(11-13)23-3/h4-11H,12H2,1-3H3,(H,18,20). The van der Waals surface area contributed by atoms with Crippen LogP contribution in [0.2, 0.25) is 0 Å². The van der Waals surface area contributed by atoms with Crippen molar-refractivity contribution in [1.82, 2.24) is 4.31 Å². The van der Waals surface area contributed by atoms with Gasteiger partial charge in [-0.15, -0.1) is 0 Å². The van der Waals surface area contributed by atoms with Gasteiger partial charge in [-0.1, -0.05) is 12.1 Å². The highest BCUT2D eigenvalue weighted by Gasteiger charge is 2.16. The Morgan fingerprint density at radius 2 is 1.79 bits per heavy atom. The molecular formula is C17H20N2O4S. The summed E-state index contributed by atoms with van der Waals surface area (Å²) in [7, 11) is 1.04. The lowest BCUT2D eigenvalue weighted by atomic mass is 10.1. The summed E-state index contributed by atoms with van der Waals surface area (Å²) in [6.45, 7) is 0. The third-order valence-corrected chi connectivity index (χ3v) is 5.24. The number of carbonyl (C=O) groups is 1. The Labute approximate surface area is 142 Å². The lowest BCUT2D eigenvalue weighted by Crippen LogP contribution is -2.22. The molecule has 0 fully saturated rings. The number of rotatable bonds is 6. The van der Waals surface area contributed by atoms with Crippen molar-refractivity contribution in [2.75, 3.05) is 26.5 Å². The minimum atomic E-state index is -3.47. The Balaban J connectivity index is 2.04. The number of benzene rings is 2. The van der Waals surface area contributed by atoms with Gasteiger partial charge < -0.3 is 10.1 Å². The highest BCUT2D eigenvalue weighted by molar-refractivity contribution is 7.89. The van der Waals surface area contributed by atoms with Gasteiger partial charge in [-0.3, -0.25) is 4.79 Å². The molecule has 128 valence electrons. The molecule has 24 heavy (non-hydrogen) atoms. The average Bonchev–Trinajstić information content (AvgIpc) is 2.55. The molecule has 2 aromatic rings. The maximum Gasteiger partial charge on any atom is 0.242 e. The van der Waals surface area contributed by atoms with Crippen molar-refractivity contribution < 1.29 is 17.9 Å². The molecular weight excluding hydrogens is 328 g/mol. The van der Waals surface area contributed by atoms with Crippen LogP contribution in [0.25, 0.3) is 0 Å². The number of carbonyl (C=O) groups excluding carboxylic acids is 1. The number of nitrogens with one attached hydrogen (secondary N) is 1. The van der Waals surface area contributed by atoms with Gasteiger partial charge in [0.15, 0.2) is 0 Å². The molecule has 0 saturated heterocycles. The summed E-state index contributed by atoms with van der Waals surface area (Å²) in [5.74, 6) is 0.505. The summed E-state index contributed by atoms with van der Waals surface area (Å²) >= 11 is 0. The van der Waals surface area contributed by atoms with E-state index < -0.39 is 10.0 Å². The lowest BCUT2D eigenvalue weighted by Gasteiger charge is -2.12. The SMILES string of the molecule is COc1cccc(CC(=O)Nc2ccc(S(=O)(=O)N(C)C)cc2)c1. The quantitative estimate of drug-likeness (QED) is 0.868. The summed E-state index contributed by atoms with van der Waals surface area (Å²) in [4.78, 5) is 12.3. The van der Waals surface area contributed by atoms with Crippen LogP contribution in [0.15, 0.2) is 53.4 Å². The molecule has 0 aliphatic heterocycles. The number of amides is 1. The first-order chi connectivity index (χ1) is 11.3. The molecule has 6 nitrogen and oxygen atoms in total. The van der Waals surface area contributed by atoms with Crippen molar-refractivity contribution in [2.45, 2.75) is 11.3 Å². The van der Waals surface area contributed by atoms with E-state index in [4.69, 9.17) is 4.74 Å². The van der Waals surface area contributed by atoms with Gasteiger partial charge >= 0.3 is 0 Å². The van der Waals surface area contributed by atoms with Crippen LogP contribution < -0.4 is 10.1 Å². The summed E-state index contributed by atoms with van der Waals surface area (Å²) in [6, 6.07) is 13.3. The van der Waals surface area contributed by atoms with Gasteiger partial charge in [0.2, 0.25) is 15.9 Å². The van der Waals surface area contributed by atoms with Crippen LogP contribution in [0.4, 0.5) is 5.69 Å². The summed E-state index contributed by atoms with van der Waals surface area (Å²) in [6.07, 6.45) is 0.203. The number of anilines is 1. The fourth-order valence-corrected chi connectivity index (χ4v) is 3.00. The van der Waals surface area contributed by atoms with Crippen molar-refractivity contribution in [2.24, 2.45) is 0 Å². The van der Waals surface area contributed by atoms with Crippen LogP contribution in [0.5, 0.6) is 5.75 Å². The minimum absolute atomic E-state index is 0.179. The normalized spacial score (nSPS) is 11.3. The Kier molecular flexibility index (Phi) is 5.58. The molecule has 0 aromatic heterocycles. The van der Waals surface area contributed by atoms with E-state index >= 15 is 0 Å². The molecule has 2 rings (SSSR count). The maximum atomic E-state index is 12.1. The minimum Gasteiger partial charge on any atom is -0.497 e. The fraction of sp³-hybridized carbons (Fsp3) is 0.235. The molecule has 0 atom stereocenters. The molecule has 0 saturated carbocycles. The Morgan fingerprint density at radius 3 is 2.38 bits per heavy atom. The molecule has 7 heteroatoms. The molecule has 0 radical (unpaired) electrons. The lowest BCUT2D eigenvalue weighted by molar-refractivity contribution is -0.115. The van der Waals surface area contributed by atoms with Crippen LogP contribution in [0, 0.1) is 0 Å². The molecule has 1 N–H and O–H groups in total. The van der Waals surface area contributed by atoms with Crippen LogP contribution in [-0.4, -0.2) is 39.8 Å². The van der Waals surface area contributed by atoms with E-state index in [1.54, 1.807) is 25.3 Å². The molecule has 1 amide bonds. The highest BCUT2D eigenvalue weighted by Crippen LogP contribution is 2.17. The molecule has 0 bridgehead atoms. The average molecular weight is 348 g/mol. The van der Waals surface area contributed by atoms with Crippen LogP contribution >= 0.6 is 0 Å². The zero-order chi connectivity index (χ0) is 17.7. The third-order valence-electron chi connectivity index (χ3n) is 3.42. The zero-order valence-electron chi connectivity index (χ0n) is 13.8. The number of hydrogen-bond acceptors (Lipinski definition) is 4. The first-order valence-corrected chi connectivity index (χ1v) is 8.72. The molecule has 0 spiro atoms. The smallest absolute Gasteiger partial charge is 0.242 e. The monoisotopic (exact) mass is 348 g/mol. The molecule has 2 aromatic carbocycles. The van der Waals surface area contributed by atoms with Crippen molar-refractivity contribution in [1.29, 1.82) is 0 Å². The van der Waals surface area contributed by atoms with E-state index in [2.05, 4.69) is 5.32 Å². The van der Waals surface area contributed by atoms with Gasteiger partial charge in [-0.2, -0.15) is 0 Å². The summed E-state index contributed by atoms with van der Waals surface area (Å²) < 4.78 is 30.3. The number of ether oxygens (including phenoxy) is 1. The van der Waals surface area contributed by atoms with Crippen LogP contribution in [0.3, 0.4) is 0 Å². The second kappa shape index (κ2) is 7.46. The van der Waals surface area contributed by atoms with Gasteiger partial charge in [0.25, 0.3) is 0 Å². The van der Waals surface area contributed by atoms with E-state index in [-0.39, 0.29) is 17.2 Å². The number of sulfonamides is 1. The Morgan fingerprint density at radius 1 is 1.12 bits per heavy atom. The van der Waals surface area contributed by atoms with E-state index in [1.807, 2.05) is 18.2 Å². The first kappa shape index (κ1) is 18.0. The van der Waals surface area contributed by atoms with Crippen molar-refractivity contribution in [3.05, 3.63) is 54.1 Å². The first-order valence-electron chi connectivity index (χ1n) is 7.28. The number of methoxy groups -OCH3 is 1. The van der Waals surface area contributed by atoms with Gasteiger partial charge in [-0.05, 0) is 42.0 Å². The highest BCUT2D eigenvalue weighted by atomic mass is 32.2. The van der Waals surface area contributed by atoms with E-state index in [1.165, 1.54) is 26.2 Å². The van der Waals surface area contributed by atoms with Crippen LogP contribution in [0.1, 0.15) is 5.56 Å². The predicted molar refractivity (Wildman–Crippen MR) is 92.6 cm³/mol. The molecule has 0 aliphatic rings. The van der Waals surface area contributed by atoms with Gasteiger partial charge in [0.05, 0.1) is 18.4 Å². The molecule has 0 unspecified atom stereocenters. The Hall–Kier alpha value is -2.38. The Bertz CT molecular complexity index is 815. The molecule has 0 heterocycles. The zero-order valence-corrected chi connectivity index (χ0v) is 14.6. The van der Waals surface area contributed by atoms with E-state index in [0.717, 1.165) is 9.87 Å². The largest absolute Gasteiger partial charge is 0.497 e. The number of hydrogen-bond donors (Lipinski definition) is 1. The van der Waals surface area contributed by atoms with Gasteiger partial charge in [0.1, 0.15) is 5.75 Å². The fourth-order valence-electron chi connectivity index (χ4n) is 2.09. The van der Waals surface area contributed by atoms with E-state index in [9.17, 15) is 13.2 Å².